The average Bonchev–Trinajstić information content (AvgIpc) is 2.61. The SMILES string of the molecule is COc1ccc(/C=C2\CCc3ccccc3\C2=N\NC(N)=S)cc1. The third-order valence-electron chi connectivity index (χ3n) is 3.97. The minimum absolute atomic E-state index is 0.161. The van der Waals surface area contributed by atoms with Crippen LogP contribution in [0.1, 0.15) is 23.1 Å². The quantitative estimate of drug-likeness (QED) is 0.667. The van der Waals surface area contributed by atoms with Crippen molar-refractivity contribution in [3.8, 4) is 5.75 Å². The molecule has 0 saturated heterocycles. The van der Waals surface area contributed by atoms with Crippen molar-refractivity contribution in [3.05, 3.63) is 70.8 Å². The number of methoxy groups -OCH3 is 1. The van der Waals surface area contributed by atoms with Crippen LogP contribution in [0.15, 0.2) is 59.2 Å². The Bertz CT molecular complexity index is 810. The van der Waals surface area contributed by atoms with Crippen LogP contribution in [0, 0.1) is 0 Å². The first-order valence-electron chi connectivity index (χ1n) is 7.74. The molecule has 1 aliphatic carbocycles. The van der Waals surface area contributed by atoms with Crippen LogP contribution in [0.25, 0.3) is 6.08 Å². The van der Waals surface area contributed by atoms with Crippen molar-refractivity contribution in [2.24, 2.45) is 10.8 Å². The third kappa shape index (κ3) is 3.63. The normalized spacial score (nSPS) is 16.7. The van der Waals surface area contributed by atoms with E-state index in [1.54, 1.807) is 7.11 Å². The Balaban J connectivity index is 2.00. The molecule has 2 aromatic carbocycles. The van der Waals surface area contributed by atoms with Crippen LogP contribution in [-0.4, -0.2) is 17.9 Å². The molecule has 0 unspecified atom stereocenters. The molecule has 3 rings (SSSR count). The van der Waals surface area contributed by atoms with Gasteiger partial charge in [0.15, 0.2) is 5.11 Å². The molecule has 0 amide bonds. The molecule has 0 spiro atoms. The van der Waals surface area contributed by atoms with Crippen molar-refractivity contribution in [1.29, 1.82) is 0 Å². The molecule has 0 saturated carbocycles. The predicted molar refractivity (Wildman–Crippen MR) is 102 cm³/mol. The summed E-state index contributed by atoms with van der Waals surface area (Å²) in [6.45, 7) is 0. The molecule has 0 bridgehead atoms. The third-order valence-corrected chi connectivity index (χ3v) is 4.07. The van der Waals surface area contributed by atoms with E-state index in [1.807, 2.05) is 30.3 Å². The van der Waals surface area contributed by atoms with Crippen LogP contribution in [0.3, 0.4) is 0 Å². The van der Waals surface area contributed by atoms with Gasteiger partial charge in [0, 0.05) is 5.56 Å². The van der Waals surface area contributed by atoms with Crippen molar-refractivity contribution < 1.29 is 4.74 Å². The minimum atomic E-state index is 0.161. The second-order valence-electron chi connectivity index (χ2n) is 5.54. The van der Waals surface area contributed by atoms with Gasteiger partial charge in [0.2, 0.25) is 0 Å². The lowest BCUT2D eigenvalue weighted by Crippen LogP contribution is -2.27. The number of benzene rings is 2. The molecule has 122 valence electrons. The van der Waals surface area contributed by atoms with Crippen LogP contribution in [-0.2, 0) is 6.42 Å². The van der Waals surface area contributed by atoms with Gasteiger partial charge >= 0.3 is 0 Å². The number of nitrogens with zero attached hydrogens (tertiary/aromatic N) is 1. The Morgan fingerprint density at radius 2 is 1.92 bits per heavy atom. The van der Waals surface area contributed by atoms with E-state index < -0.39 is 0 Å². The van der Waals surface area contributed by atoms with Gasteiger partial charge in [0.05, 0.1) is 12.8 Å². The number of allylic oxidation sites excluding steroid dienone is 1. The lowest BCUT2D eigenvalue weighted by atomic mass is 9.85. The summed E-state index contributed by atoms with van der Waals surface area (Å²) in [4.78, 5) is 0. The summed E-state index contributed by atoms with van der Waals surface area (Å²) >= 11 is 4.88. The van der Waals surface area contributed by atoms with Crippen molar-refractivity contribution >= 4 is 29.1 Å². The topological polar surface area (TPSA) is 59.6 Å². The Morgan fingerprint density at radius 1 is 1.17 bits per heavy atom. The largest absolute Gasteiger partial charge is 0.497 e. The Morgan fingerprint density at radius 3 is 2.62 bits per heavy atom. The van der Waals surface area contributed by atoms with Crippen LogP contribution in [0.4, 0.5) is 0 Å². The molecule has 24 heavy (non-hydrogen) atoms. The molecule has 5 heteroatoms. The van der Waals surface area contributed by atoms with Gasteiger partial charge in [-0.15, -0.1) is 0 Å². The van der Waals surface area contributed by atoms with E-state index in [9.17, 15) is 0 Å². The molecular formula is C19H19N3OS. The molecular weight excluding hydrogens is 318 g/mol. The number of nitrogens with one attached hydrogen (secondary N) is 1. The smallest absolute Gasteiger partial charge is 0.184 e. The summed E-state index contributed by atoms with van der Waals surface area (Å²) in [7, 11) is 1.66. The average molecular weight is 337 g/mol. The van der Waals surface area contributed by atoms with E-state index in [2.05, 4.69) is 34.8 Å². The Hall–Kier alpha value is -2.66. The predicted octanol–water partition coefficient (Wildman–Crippen LogP) is 3.26. The molecule has 0 heterocycles. The molecule has 0 radical (unpaired) electrons. The molecule has 1 aliphatic rings. The van der Waals surface area contributed by atoms with Crippen molar-refractivity contribution in [3.63, 3.8) is 0 Å². The van der Waals surface area contributed by atoms with Gasteiger partial charge in [-0.05, 0) is 60.0 Å². The fraction of sp³-hybridized carbons (Fsp3) is 0.158. The van der Waals surface area contributed by atoms with Crippen LogP contribution >= 0.6 is 12.2 Å². The Labute approximate surface area is 147 Å². The number of hydrazone groups is 1. The van der Waals surface area contributed by atoms with Gasteiger partial charge in [-0.25, -0.2) is 0 Å². The molecule has 0 atom stereocenters. The van der Waals surface area contributed by atoms with Crippen molar-refractivity contribution in [1.82, 2.24) is 5.43 Å². The number of ether oxygens (including phenoxy) is 1. The highest BCUT2D eigenvalue weighted by Gasteiger charge is 2.20. The molecule has 0 aliphatic heterocycles. The monoisotopic (exact) mass is 337 g/mol. The van der Waals surface area contributed by atoms with Gasteiger partial charge < -0.3 is 10.5 Å². The summed E-state index contributed by atoms with van der Waals surface area (Å²) in [5.41, 5.74) is 13.8. The van der Waals surface area contributed by atoms with Crippen LogP contribution < -0.4 is 15.9 Å². The molecule has 0 aromatic heterocycles. The van der Waals surface area contributed by atoms with E-state index in [0.717, 1.165) is 41.0 Å². The zero-order chi connectivity index (χ0) is 16.9. The van der Waals surface area contributed by atoms with Crippen LogP contribution in [0.5, 0.6) is 5.75 Å². The molecule has 4 nitrogen and oxygen atoms in total. The van der Waals surface area contributed by atoms with Gasteiger partial charge in [-0.1, -0.05) is 36.4 Å². The number of thiocarbonyl (C=S) groups is 1. The lowest BCUT2D eigenvalue weighted by molar-refractivity contribution is 0.415. The fourth-order valence-electron chi connectivity index (χ4n) is 2.81. The fourth-order valence-corrected chi connectivity index (χ4v) is 2.86. The van der Waals surface area contributed by atoms with Gasteiger partial charge in [0.25, 0.3) is 0 Å². The highest BCUT2D eigenvalue weighted by Crippen LogP contribution is 2.27. The summed E-state index contributed by atoms with van der Waals surface area (Å²) in [6.07, 6.45) is 4.06. The second-order valence-corrected chi connectivity index (χ2v) is 5.98. The summed E-state index contributed by atoms with van der Waals surface area (Å²) in [5.74, 6) is 0.843. The van der Waals surface area contributed by atoms with E-state index in [0.29, 0.717) is 0 Å². The summed E-state index contributed by atoms with van der Waals surface area (Å²) in [5, 5.41) is 4.60. The molecule has 2 aromatic rings. The first-order valence-corrected chi connectivity index (χ1v) is 8.14. The first kappa shape index (κ1) is 16.2. The van der Waals surface area contributed by atoms with Gasteiger partial charge in [0.1, 0.15) is 5.75 Å². The summed E-state index contributed by atoms with van der Waals surface area (Å²) < 4.78 is 5.21. The minimum Gasteiger partial charge on any atom is -0.497 e. The zero-order valence-corrected chi connectivity index (χ0v) is 14.3. The van der Waals surface area contributed by atoms with E-state index in [1.165, 1.54) is 5.56 Å². The van der Waals surface area contributed by atoms with Crippen LogP contribution in [0.2, 0.25) is 0 Å². The van der Waals surface area contributed by atoms with E-state index >= 15 is 0 Å². The van der Waals surface area contributed by atoms with Gasteiger partial charge in [-0.3, -0.25) is 5.43 Å². The maximum atomic E-state index is 5.54. The number of rotatable bonds is 3. The number of nitrogens with two attached hydrogens (primary N) is 1. The standard InChI is InChI=1S/C19H19N3OS/c1-23-16-10-6-13(7-11-16)12-15-9-8-14-4-2-3-5-17(14)18(15)21-22-19(20)24/h2-7,10-12H,8-9H2,1H3,(H3,20,22,24)/b15-12+,21-18+. The van der Waals surface area contributed by atoms with E-state index in [-0.39, 0.29) is 5.11 Å². The number of hydrogen-bond acceptors (Lipinski definition) is 3. The van der Waals surface area contributed by atoms with Crippen molar-refractivity contribution in [2.45, 2.75) is 12.8 Å². The second kappa shape index (κ2) is 7.27. The molecule has 0 fully saturated rings. The lowest BCUT2D eigenvalue weighted by Gasteiger charge is -2.21. The zero-order valence-electron chi connectivity index (χ0n) is 13.5. The number of aryl methyl sites for hydroxylation is 1. The van der Waals surface area contributed by atoms with E-state index in [4.69, 9.17) is 22.7 Å². The first-order chi connectivity index (χ1) is 11.7. The number of fused-ring (bicyclic) bond motifs is 1. The Kier molecular flexibility index (Phi) is 4.91. The number of hydrogen-bond donors (Lipinski definition) is 2. The highest BCUT2D eigenvalue weighted by atomic mass is 32.1. The maximum absolute atomic E-state index is 5.54. The van der Waals surface area contributed by atoms with Gasteiger partial charge in [-0.2, -0.15) is 5.10 Å². The highest BCUT2D eigenvalue weighted by molar-refractivity contribution is 7.80. The maximum Gasteiger partial charge on any atom is 0.184 e. The molecule has 3 N–H and O–H groups in total. The summed E-state index contributed by atoms with van der Waals surface area (Å²) in [6, 6.07) is 16.3. The van der Waals surface area contributed by atoms with Crippen molar-refractivity contribution in [2.75, 3.05) is 7.11 Å².